The van der Waals surface area contributed by atoms with Gasteiger partial charge in [0.15, 0.2) is 0 Å². The number of hydrogen-bond acceptors (Lipinski definition) is 2. The molecule has 0 radical (unpaired) electrons. The Morgan fingerprint density at radius 2 is 1.69 bits per heavy atom. The van der Waals surface area contributed by atoms with Crippen molar-refractivity contribution in [1.29, 1.82) is 0 Å². The van der Waals surface area contributed by atoms with Crippen molar-refractivity contribution >= 4 is 16.7 Å². The highest BCUT2D eigenvalue weighted by Crippen LogP contribution is 1.70. The van der Waals surface area contributed by atoms with Crippen LogP contribution in [-0.4, -0.2) is 28.7 Å². The van der Waals surface area contributed by atoms with Crippen LogP contribution in [0.5, 0.6) is 0 Å². The number of hydrogen-bond donors (Lipinski definition) is 1. The van der Waals surface area contributed by atoms with E-state index in [1.54, 1.807) is 6.26 Å². The summed E-state index contributed by atoms with van der Waals surface area (Å²) in [7, 11) is -0.797. The van der Waals surface area contributed by atoms with Gasteiger partial charge in [-0.15, -0.1) is 0 Å². The molecule has 1 atom stereocenters. The molecule has 0 aliphatic rings. The minimum atomic E-state index is -0.797. The molecule has 4 heteroatoms. The van der Waals surface area contributed by atoms with E-state index in [9.17, 15) is 9.00 Å². The molecule has 0 aliphatic carbocycles. The number of carbonyl (C=O) groups excluding carboxylic acids is 1. The lowest BCUT2D eigenvalue weighted by atomic mass is 10.6. The second kappa shape index (κ2) is 17.6. The van der Waals surface area contributed by atoms with Gasteiger partial charge >= 0.3 is 0 Å². The van der Waals surface area contributed by atoms with E-state index < -0.39 is 10.8 Å². The molecule has 0 saturated carbocycles. The van der Waals surface area contributed by atoms with Gasteiger partial charge in [0, 0.05) is 37.7 Å². The van der Waals surface area contributed by atoms with E-state index in [4.69, 9.17) is 0 Å². The van der Waals surface area contributed by atoms with E-state index in [2.05, 4.69) is 5.32 Å². The van der Waals surface area contributed by atoms with Gasteiger partial charge in [-0.3, -0.25) is 9.00 Å². The summed E-state index contributed by atoms with van der Waals surface area (Å²) in [6, 6.07) is 0. The fourth-order valence-corrected chi connectivity index (χ4v) is 0.760. The Bertz CT molecular complexity index is 118. The highest BCUT2D eigenvalue weighted by Gasteiger charge is 1.91. The largest absolute Gasteiger partial charge is 0.355 e. The van der Waals surface area contributed by atoms with Crippen LogP contribution in [0, 0.1) is 0 Å². The fourth-order valence-electron chi connectivity index (χ4n) is 0.371. The normalized spacial score (nSPS) is 9.69. The topological polar surface area (TPSA) is 46.2 Å². The lowest BCUT2D eigenvalue weighted by Crippen LogP contribution is -2.24. The molecular weight excluding hydrogens is 186 g/mol. The van der Waals surface area contributed by atoms with Crippen LogP contribution >= 0.6 is 0 Å². The van der Waals surface area contributed by atoms with Crippen LogP contribution in [0.3, 0.4) is 0 Å². The average Bonchev–Trinajstić information content (AvgIpc) is 2.10. The third-order valence-corrected chi connectivity index (χ3v) is 1.54. The van der Waals surface area contributed by atoms with Crippen LogP contribution < -0.4 is 5.32 Å². The fraction of sp³-hybridized carbons (Fsp3) is 0.889. The summed E-state index contributed by atoms with van der Waals surface area (Å²) in [5.74, 6) is 0.472. The van der Waals surface area contributed by atoms with Gasteiger partial charge in [0.1, 0.15) is 0 Å². The van der Waals surface area contributed by atoms with Gasteiger partial charge in [0.25, 0.3) is 0 Å². The zero-order valence-electron chi connectivity index (χ0n) is 9.64. The van der Waals surface area contributed by atoms with E-state index in [1.807, 2.05) is 27.7 Å². The number of nitrogens with one attached hydrogen (secondary N) is 1. The predicted octanol–water partition coefficient (Wildman–Crippen LogP) is 1.80. The summed E-state index contributed by atoms with van der Waals surface area (Å²) < 4.78 is 10.4. The molecule has 0 aromatic carbocycles. The molecule has 1 amide bonds. The first kappa shape index (κ1) is 18.4. The molecule has 1 unspecified atom stereocenters. The maximum atomic E-state index is 10.4. The number of rotatable bonds is 3. The summed E-state index contributed by atoms with van der Waals surface area (Å²) in [6.07, 6.45) is 1.61. The van der Waals surface area contributed by atoms with E-state index >= 15 is 0 Å². The predicted molar refractivity (Wildman–Crippen MR) is 62.4 cm³/mol. The Balaban J connectivity index is -0.0000000883. The molecule has 0 spiro atoms. The van der Waals surface area contributed by atoms with Crippen molar-refractivity contribution in [2.45, 2.75) is 34.6 Å². The summed E-state index contributed by atoms with van der Waals surface area (Å²) in [4.78, 5) is 10.2. The first-order valence-electron chi connectivity index (χ1n) is 4.67. The van der Waals surface area contributed by atoms with Crippen LogP contribution in [-0.2, 0) is 15.6 Å². The van der Waals surface area contributed by atoms with Gasteiger partial charge in [-0.25, -0.2) is 0 Å². The van der Waals surface area contributed by atoms with E-state index in [-0.39, 0.29) is 7.33 Å². The summed E-state index contributed by atoms with van der Waals surface area (Å²) in [5, 5.41) is 2.54. The second-order valence-corrected chi connectivity index (χ2v) is 3.31. The standard InChI is InChI=1S/C5H11NO2S.2C2H6.H2/c1-5(7)6-3-4-9(2)8;2*1-2;/h3-4H2,1-2H3,(H,6,7);2*1-2H3;1H. The van der Waals surface area contributed by atoms with Crippen LogP contribution in [0.1, 0.15) is 36.0 Å². The first-order valence-corrected chi connectivity index (χ1v) is 6.40. The Morgan fingerprint density at radius 3 is 1.92 bits per heavy atom. The highest BCUT2D eigenvalue weighted by molar-refractivity contribution is 7.84. The van der Waals surface area contributed by atoms with Gasteiger partial charge in [-0.1, -0.05) is 27.7 Å². The van der Waals surface area contributed by atoms with Crippen molar-refractivity contribution < 1.29 is 10.4 Å². The molecular formula is C9H25NO2S. The van der Waals surface area contributed by atoms with Crippen molar-refractivity contribution in [3.8, 4) is 0 Å². The Morgan fingerprint density at radius 1 is 1.31 bits per heavy atom. The van der Waals surface area contributed by atoms with Crippen molar-refractivity contribution in [3.05, 3.63) is 0 Å². The maximum Gasteiger partial charge on any atom is 0.216 e. The quantitative estimate of drug-likeness (QED) is 0.773. The van der Waals surface area contributed by atoms with Crippen LogP contribution in [0.4, 0.5) is 0 Å². The molecule has 0 saturated heterocycles. The third kappa shape index (κ3) is 34.0. The van der Waals surface area contributed by atoms with Gasteiger partial charge in [0.2, 0.25) is 5.91 Å². The van der Waals surface area contributed by atoms with E-state index in [0.29, 0.717) is 12.3 Å². The zero-order valence-corrected chi connectivity index (χ0v) is 10.5. The molecule has 3 nitrogen and oxygen atoms in total. The molecule has 1 N–H and O–H groups in total. The molecule has 13 heavy (non-hydrogen) atoms. The first-order chi connectivity index (χ1) is 6.13. The summed E-state index contributed by atoms with van der Waals surface area (Å²) in [5.41, 5.74) is 0. The molecule has 0 rings (SSSR count). The van der Waals surface area contributed by atoms with E-state index in [1.165, 1.54) is 6.92 Å². The molecule has 0 heterocycles. The molecule has 0 bridgehead atoms. The van der Waals surface area contributed by atoms with Gasteiger partial charge in [-0.05, 0) is 0 Å². The van der Waals surface area contributed by atoms with Crippen molar-refractivity contribution in [1.82, 2.24) is 5.32 Å². The monoisotopic (exact) mass is 211 g/mol. The zero-order chi connectivity index (χ0) is 11.3. The van der Waals surface area contributed by atoms with Crippen molar-refractivity contribution in [3.63, 3.8) is 0 Å². The lowest BCUT2D eigenvalue weighted by molar-refractivity contribution is -0.118. The Kier molecular flexibility index (Phi) is 25.0. The van der Waals surface area contributed by atoms with Crippen molar-refractivity contribution in [2.24, 2.45) is 0 Å². The SMILES string of the molecule is CC.CC.CC(=O)NCCS(C)=O.[HH]. The molecule has 0 aromatic rings. The Hall–Kier alpha value is -0.380. The molecule has 0 aromatic heterocycles. The van der Waals surface area contributed by atoms with Gasteiger partial charge in [0.05, 0.1) is 0 Å². The van der Waals surface area contributed by atoms with Crippen LogP contribution in [0.25, 0.3) is 0 Å². The number of amides is 1. The highest BCUT2D eigenvalue weighted by atomic mass is 32.2. The molecule has 0 fully saturated rings. The van der Waals surface area contributed by atoms with Gasteiger partial charge < -0.3 is 5.32 Å². The summed E-state index contributed by atoms with van der Waals surface area (Å²) in [6.45, 7) is 9.96. The van der Waals surface area contributed by atoms with Gasteiger partial charge in [-0.2, -0.15) is 0 Å². The minimum Gasteiger partial charge on any atom is -0.355 e. The molecule has 0 aliphatic heterocycles. The third-order valence-electron chi connectivity index (χ3n) is 0.763. The van der Waals surface area contributed by atoms with E-state index in [0.717, 1.165) is 0 Å². The average molecular weight is 211 g/mol. The second-order valence-electron chi connectivity index (χ2n) is 1.76. The number of carbonyl (C=O) groups is 1. The van der Waals surface area contributed by atoms with Crippen LogP contribution in [0.2, 0.25) is 0 Å². The van der Waals surface area contributed by atoms with Crippen molar-refractivity contribution in [2.75, 3.05) is 18.6 Å². The molecule has 84 valence electrons. The minimum absolute atomic E-state index is 0. The lowest BCUT2D eigenvalue weighted by Gasteiger charge is -1.96. The summed E-state index contributed by atoms with van der Waals surface area (Å²) >= 11 is 0. The van der Waals surface area contributed by atoms with Crippen LogP contribution in [0.15, 0.2) is 0 Å². The maximum absolute atomic E-state index is 10.4. The Labute approximate surface area is 86.2 Å². The smallest absolute Gasteiger partial charge is 0.216 e.